The fourth-order valence-electron chi connectivity index (χ4n) is 2.97. The van der Waals surface area contributed by atoms with Crippen LogP contribution in [0.3, 0.4) is 0 Å². The number of nitrogens with one attached hydrogen (secondary N) is 1. The Bertz CT molecular complexity index is 1070. The average Bonchev–Trinajstić information content (AvgIpc) is 2.83. The molecule has 6 nitrogen and oxygen atoms in total. The number of esters is 1. The highest BCUT2D eigenvalue weighted by Gasteiger charge is 2.25. The van der Waals surface area contributed by atoms with Gasteiger partial charge in [0.2, 0.25) is 0 Å². The highest BCUT2D eigenvalue weighted by molar-refractivity contribution is 6.01. The molecule has 0 aliphatic carbocycles. The summed E-state index contributed by atoms with van der Waals surface area (Å²) in [6, 6.07) is 19.3. The molecule has 0 saturated heterocycles. The van der Waals surface area contributed by atoms with Crippen LogP contribution in [0.4, 0.5) is 10.1 Å². The third kappa shape index (κ3) is 6.25. The smallest absolute Gasteiger partial charge is 0.329 e. The van der Waals surface area contributed by atoms with Gasteiger partial charge in [0.1, 0.15) is 17.6 Å². The molecule has 3 aromatic carbocycles. The van der Waals surface area contributed by atoms with Gasteiger partial charge >= 0.3 is 5.97 Å². The van der Waals surface area contributed by atoms with Crippen LogP contribution in [0.15, 0.2) is 78.9 Å². The van der Waals surface area contributed by atoms with Crippen LogP contribution in [-0.2, 0) is 9.53 Å². The van der Waals surface area contributed by atoms with E-state index in [9.17, 15) is 18.8 Å². The Morgan fingerprint density at radius 1 is 0.844 bits per heavy atom. The number of anilines is 1. The van der Waals surface area contributed by atoms with Crippen molar-refractivity contribution in [2.24, 2.45) is 0 Å². The number of carbonyl (C=O) groups excluding carboxylic acids is 3. The van der Waals surface area contributed by atoms with E-state index in [0.717, 1.165) is 12.1 Å². The minimum atomic E-state index is -1.02. The molecule has 0 aliphatic heterocycles. The van der Waals surface area contributed by atoms with E-state index in [1.54, 1.807) is 61.7 Å². The summed E-state index contributed by atoms with van der Waals surface area (Å²) >= 11 is 0. The highest BCUT2D eigenvalue weighted by atomic mass is 19.1. The molecule has 0 radical (unpaired) electrons. The predicted molar refractivity (Wildman–Crippen MR) is 117 cm³/mol. The largest absolute Gasteiger partial charge is 0.497 e. The molecule has 0 aliphatic rings. The minimum Gasteiger partial charge on any atom is -0.497 e. The van der Waals surface area contributed by atoms with E-state index in [0.29, 0.717) is 17.0 Å². The van der Waals surface area contributed by atoms with Gasteiger partial charge in [-0.1, -0.05) is 30.3 Å². The van der Waals surface area contributed by atoms with Crippen LogP contribution >= 0.6 is 0 Å². The number of Topliss-reactive ketones (excluding diaryl/α,β-unsaturated/α-hetero) is 2. The number of ketones is 2. The van der Waals surface area contributed by atoms with Crippen LogP contribution in [0.2, 0.25) is 0 Å². The lowest BCUT2D eigenvalue weighted by Gasteiger charge is -2.18. The van der Waals surface area contributed by atoms with Gasteiger partial charge in [0.05, 0.1) is 7.11 Å². The molecule has 0 unspecified atom stereocenters. The van der Waals surface area contributed by atoms with E-state index in [-0.39, 0.29) is 17.8 Å². The van der Waals surface area contributed by atoms with Gasteiger partial charge in [-0.3, -0.25) is 9.59 Å². The molecular weight excluding hydrogens is 413 g/mol. The van der Waals surface area contributed by atoms with Gasteiger partial charge in [-0.25, -0.2) is 9.18 Å². The fraction of sp³-hybridized carbons (Fsp3) is 0.160. The average molecular weight is 435 g/mol. The Labute approximate surface area is 185 Å². The topological polar surface area (TPSA) is 81.7 Å². The van der Waals surface area contributed by atoms with Crippen molar-refractivity contribution in [3.63, 3.8) is 0 Å². The maximum atomic E-state index is 13.0. The summed E-state index contributed by atoms with van der Waals surface area (Å²) in [7, 11) is 1.54. The Kier molecular flexibility index (Phi) is 7.70. The lowest BCUT2D eigenvalue weighted by molar-refractivity contribution is -0.143. The predicted octanol–water partition coefficient (Wildman–Crippen LogP) is 4.31. The van der Waals surface area contributed by atoms with Gasteiger partial charge in [0, 0.05) is 23.2 Å². The molecule has 0 saturated carbocycles. The summed E-state index contributed by atoms with van der Waals surface area (Å²) in [5.41, 5.74) is 1.27. The molecule has 164 valence electrons. The van der Waals surface area contributed by atoms with Crippen LogP contribution in [0, 0.1) is 5.82 Å². The van der Waals surface area contributed by atoms with Crippen LogP contribution in [0.1, 0.15) is 27.1 Å². The number of ether oxygens (including phenoxy) is 2. The molecule has 32 heavy (non-hydrogen) atoms. The Hall–Kier alpha value is -4.00. The molecule has 3 aromatic rings. The van der Waals surface area contributed by atoms with E-state index >= 15 is 0 Å². The van der Waals surface area contributed by atoms with Crippen molar-refractivity contribution in [3.05, 3.63) is 95.8 Å². The van der Waals surface area contributed by atoms with Gasteiger partial charge < -0.3 is 14.8 Å². The SMILES string of the molecule is COc1ccc(N[C@@H](CC(=O)c2ccccc2)C(=O)OCC(=O)c2ccc(F)cc2)cc1. The summed E-state index contributed by atoms with van der Waals surface area (Å²) in [5, 5.41) is 2.99. The highest BCUT2D eigenvalue weighted by Crippen LogP contribution is 2.18. The molecule has 0 amide bonds. The first kappa shape index (κ1) is 22.7. The summed E-state index contributed by atoms with van der Waals surface area (Å²) in [5.74, 6) is -1.31. The molecule has 0 fully saturated rings. The van der Waals surface area contributed by atoms with E-state index in [1.807, 2.05) is 0 Å². The lowest BCUT2D eigenvalue weighted by Crippen LogP contribution is -2.34. The van der Waals surface area contributed by atoms with Crippen molar-refractivity contribution >= 4 is 23.2 Å². The van der Waals surface area contributed by atoms with Crippen molar-refractivity contribution in [1.82, 2.24) is 0 Å². The zero-order chi connectivity index (χ0) is 22.9. The summed E-state index contributed by atoms with van der Waals surface area (Å²) in [6.07, 6.45) is -0.167. The first-order valence-electron chi connectivity index (χ1n) is 9.90. The monoisotopic (exact) mass is 435 g/mol. The van der Waals surface area contributed by atoms with Crippen molar-refractivity contribution in [2.45, 2.75) is 12.5 Å². The zero-order valence-corrected chi connectivity index (χ0v) is 17.4. The molecular formula is C25H22FNO5. The number of rotatable bonds is 10. The van der Waals surface area contributed by atoms with Crippen molar-refractivity contribution in [2.75, 3.05) is 19.0 Å². The Morgan fingerprint density at radius 3 is 2.09 bits per heavy atom. The summed E-state index contributed by atoms with van der Waals surface area (Å²) in [4.78, 5) is 37.7. The van der Waals surface area contributed by atoms with Gasteiger partial charge in [0.15, 0.2) is 18.2 Å². The van der Waals surface area contributed by atoms with Gasteiger partial charge in [0.25, 0.3) is 0 Å². The van der Waals surface area contributed by atoms with Crippen molar-refractivity contribution < 1.29 is 28.2 Å². The fourth-order valence-corrected chi connectivity index (χ4v) is 2.97. The third-order valence-electron chi connectivity index (χ3n) is 4.71. The van der Waals surface area contributed by atoms with Crippen LogP contribution in [0.25, 0.3) is 0 Å². The quantitative estimate of drug-likeness (QED) is 0.377. The van der Waals surface area contributed by atoms with Crippen LogP contribution < -0.4 is 10.1 Å². The van der Waals surface area contributed by atoms with Crippen molar-refractivity contribution in [3.8, 4) is 5.75 Å². The lowest BCUT2D eigenvalue weighted by atomic mass is 10.0. The molecule has 0 aromatic heterocycles. The number of benzene rings is 3. The number of carbonyl (C=O) groups is 3. The first-order valence-corrected chi connectivity index (χ1v) is 9.90. The first-order chi connectivity index (χ1) is 15.5. The second-order valence-corrected chi connectivity index (χ2v) is 6.96. The normalized spacial score (nSPS) is 11.3. The van der Waals surface area contributed by atoms with E-state index in [2.05, 4.69) is 5.32 Å². The molecule has 0 heterocycles. The van der Waals surface area contributed by atoms with E-state index < -0.39 is 30.2 Å². The second kappa shape index (κ2) is 10.9. The number of hydrogen-bond acceptors (Lipinski definition) is 6. The molecule has 1 atom stereocenters. The second-order valence-electron chi connectivity index (χ2n) is 6.96. The van der Waals surface area contributed by atoms with E-state index in [1.165, 1.54) is 12.1 Å². The molecule has 1 N–H and O–H groups in total. The molecule has 3 rings (SSSR count). The Balaban J connectivity index is 1.70. The number of hydrogen-bond donors (Lipinski definition) is 1. The van der Waals surface area contributed by atoms with Crippen LogP contribution in [0.5, 0.6) is 5.75 Å². The Morgan fingerprint density at radius 2 is 1.47 bits per heavy atom. The maximum absolute atomic E-state index is 13.0. The van der Waals surface area contributed by atoms with E-state index in [4.69, 9.17) is 9.47 Å². The van der Waals surface area contributed by atoms with Crippen molar-refractivity contribution in [1.29, 1.82) is 0 Å². The molecule has 0 bridgehead atoms. The minimum absolute atomic E-state index is 0.167. The van der Waals surface area contributed by atoms with Gasteiger partial charge in [-0.2, -0.15) is 0 Å². The molecule has 7 heteroatoms. The number of methoxy groups -OCH3 is 1. The van der Waals surface area contributed by atoms with Gasteiger partial charge in [-0.15, -0.1) is 0 Å². The zero-order valence-electron chi connectivity index (χ0n) is 17.4. The summed E-state index contributed by atoms with van der Waals surface area (Å²) < 4.78 is 23.3. The maximum Gasteiger partial charge on any atom is 0.329 e. The van der Waals surface area contributed by atoms with Gasteiger partial charge in [-0.05, 0) is 48.5 Å². The molecule has 0 spiro atoms. The summed E-state index contributed by atoms with van der Waals surface area (Å²) in [6.45, 7) is -0.523. The third-order valence-corrected chi connectivity index (χ3v) is 4.71. The number of halogens is 1. The van der Waals surface area contributed by atoms with Crippen LogP contribution in [-0.4, -0.2) is 37.3 Å². The standard InChI is InChI=1S/C25H22FNO5/c1-31-21-13-11-20(12-14-21)27-22(15-23(28)17-5-3-2-4-6-17)25(30)32-16-24(29)18-7-9-19(26)10-8-18/h2-14,22,27H,15-16H2,1H3/t22-/m0/s1.